The third-order valence-corrected chi connectivity index (χ3v) is 5.79. The van der Waals surface area contributed by atoms with Crippen molar-refractivity contribution < 1.29 is 29.8 Å². The van der Waals surface area contributed by atoms with E-state index in [0.29, 0.717) is 31.0 Å². The van der Waals surface area contributed by atoms with Crippen molar-refractivity contribution in [1.29, 1.82) is 0 Å². The minimum atomic E-state index is -4.53. The van der Waals surface area contributed by atoms with E-state index in [1.807, 2.05) is 31.9 Å². The Hall–Kier alpha value is -2.84. The van der Waals surface area contributed by atoms with Gasteiger partial charge in [0.2, 0.25) is 0 Å². The highest BCUT2D eigenvalue weighted by Gasteiger charge is 2.19. The molecule has 3 rings (SSSR count). The molecule has 0 bridgehead atoms. The standard InChI is InChI=1S/C18H30N10O7S2/c1-18(2,3)28-14-17(21-24-28)11-25(9-15-12-26(22-19-15)5-7-34-36(4,29)30)10-16-13-27(23-20-16)6-8-35-37(31,32)33/h12-14H,5-11H2,1-4H3,(H,31,32,33). The number of hydrogen-bond acceptors (Lipinski definition) is 13. The zero-order chi connectivity index (χ0) is 27.3. The molecule has 37 heavy (non-hydrogen) atoms. The summed E-state index contributed by atoms with van der Waals surface area (Å²) in [5, 5.41) is 24.7. The van der Waals surface area contributed by atoms with Crippen molar-refractivity contribution in [2.45, 2.75) is 59.0 Å². The summed E-state index contributed by atoms with van der Waals surface area (Å²) in [6.07, 6.45) is 6.15. The molecule has 0 saturated heterocycles. The van der Waals surface area contributed by atoms with Gasteiger partial charge in [-0.05, 0) is 20.8 Å². The number of aromatic nitrogens is 9. The van der Waals surface area contributed by atoms with Crippen molar-refractivity contribution in [3.8, 4) is 0 Å². The van der Waals surface area contributed by atoms with Crippen molar-refractivity contribution in [2.75, 3.05) is 19.5 Å². The fourth-order valence-electron chi connectivity index (χ4n) is 3.11. The average molecular weight is 563 g/mol. The first-order valence-corrected chi connectivity index (χ1v) is 14.2. The predicted molar refractivity (Wildman–Crippen MR) is 126 cm³/mol. The molecule has 0 amide bonds. The van der Waals surface area contributed by atoms with Crippen LogP contribution in [0, 0.1) is 0 Å². The Bertz CT molecular complexity index is 1300. The maximum atomic E-state index is 11.1. The smallest absolute Gasteiger partial charge is 0.285 e. The number of rotatable bonds is 14. The lowest BCUT2D eigenvalue weighted by atomic mass is 10.1. The van der Waals surface area contributed by atoms with Gasteiger partial charge in [-0.3, -0.25) is 13.6 Å². The van der Waals surface area contributed by atoms with Gasteiger partial charge in [0.15, 0.2) is 0 Å². The van der Waals surface area contributed by atoms with E-state index in [0.717, 1.165) is 11.9 Å². The Morgan fingerprint density at radius 1 is 0.811 bits per heavy atom. The molecule has 0 unspecified atom stereocenters. The molecule has 0 aromatic carbocycles. The zero-order valence-electron chi connectivity index (χ0n) is 20.9. The molecule has 0 radical (unpaired) electrons. The van der Waals surface area contributed by atoms with Crippen molar-refractivity contribution in [3.63, 3.8) is 0 Å². The maximum absolute atomic E-state index is 11.1. The molecule has 0 aliphatic rings. The molecule has 0 saturated carbocycles. The molecular weight excluding hydrogens is 532 g/mol. The van der Waals surface area contributed by atoms with Crippen LogP contribution in [-0.2, 0) is 67.1 Å². The molecule has 206 valence electrons. The molecule has 19 heteroatoms. The van der Waals surface area contributed by atoms with Gasteiger partial charge in [-0.25, -0.2) is 18.2 Å². The largest absolute Gasteiger partial charge is 0.397 e. The van der Waals surface area contributed by atoms with E-state index in [1.165, 1.54) is 9.36 Å². The Labute approximate surface area is 214 Å². The molecule has 0 atom stereocenters. The van der Waals surface area contributed by atoms with Crippen LogP contribution < -0.4 is 0 Å². The van der Waals surface area contributed by atoms with Gasteiger partial charge in [-0.15, -0.1) is 15.3 Å². The molecule has 1 N–H and O–H groups in total. The van der Waals surface area contributed by atoms with Gasteiger partial charge in [0, 0.05) is 32.0 Å². The second kappa shape index (κ2) is 11.7. The number of hydrogen-bond donors (Lipinski definition) is 1. The van der Waals surface area contributed by atoms with Crippen LogP contribution in [0.5, 0.6) is 0 Å². The molecule has 3 heterocycles. The predicted octanol–water partition coefficient (Wildman–Crippen LogP) is -0.786. The zero-order valence-corrected chi connectivity index (χ0v) is 22.5. The second-order valence-electron chi connectivity index (χ2n) is 9.19. The normalized spacial score (nSPS) is 13.0. The fourth-order valence-corrected chi connectivity index (χ4v) is 3.77. The van der Waals surface area contributed by atoms with E-state index in [4.69, 9.17) is 8.74 Å². The summed E-state index contributed by atoms with van der Waals surface area (Å²) >= 11 is 0. The summed E-state index contributed by atoms with van der Waals surface area (Å²) in [7, 11) is -8.08. The van der Waals surface area contributed by atoms with Crippen LogP contribution in [0.2, 0.25) is 0 Å². The first-order chi connectivity index (χ1) is 17.2. The molecule has 0 aliphatic carbocycles. The van der Waals surface area contributed by atoms with Crippen LogP contribution in [0.25, 0.3) is 0 Å². The summed E-state index contributed by atoms with van der Waals surface area (Å²) in [5.41, 5.74) is 1.69. The van der Waals surface area contributed by atoms with Crippen molar-refractivity contribution in [3.05, 3.63) is 35.7 Å². The van der Waals surface area contributed by atoms with Gasteiger partial charge < -0.3 is 0 Å². The highest BCUT2D eigenvalue weighted by atomic mass is 32.3. The monoisotopic (exact) mass is 562 g/mol. The Balaban J connectivity index is 1.69. The van der Waals surface area contributed by atoms with Crippen LogP contribution in [0.3, 0.4) is 0 Å². The molecule has 3 aromatic rings. The molecule has 0 aliphatic heterocycles. The van der Waals surface area contributed by atoms with Gasteiger partial charge in [0.05, 0.1) is 61.4 Å². The van der Waals surface area contributed by atoms with E-state index in [2.05, 4.69) is 35.1 Å². The highest BCUT2D eigenvalue weighted by molar-refractivity contribution is 7.86. The molecule has 0 spiro atoms. The van der Waals surface area contributed by atoms with Crippen molar-refractivity contribution in [2.24, 2.45) is 0 Å². The third kappa shape index (κ3) is 10.2. The number of nitrogens with zero attached hydrogens (tertiary/aromatic N) is 10. The summed E-state index contributed by atoms with van der Waals surface area (Å²) < 4.78 is 66.1. The minimum absolute atomic E-state index is 0.0638. The Morgan fingerprint density at radius 2 is 1.27 bits per heavy atom. The Kier molecular flexibility index (Phi) is 9.08. The average Bonchev–Trinajstić information content (AvgIpc) is 3.48. The molecule has 0 fully saturated rings. The summed E-state index contributed by atoms with van der Waals surface area (Å²) in [5.74, 6) is 0. The molecular formula is C18H30N10O7S2. The minimum Gasteiger partial charge on any atom is -0.285 e. The van der Waals surface area contributed by atoms with Gasteiger partial charge >= 0.3 is 10.4 Å². The van der Waals surface area contributed by atoms with Crippen molar-refractivity contribution >= 4 is 20.5 Å². The topological polar surface area (TPSA) is 202 Å². The van der Waals surface area contributed by atoms with E-state index in [1.54, 1.807) is 17.1 Å². The van der Waals surface area contributed by atoms with Crippen molar-refractivity contribution in [1.82, 2.24) is 49.9 Å². The van der Waals surface area contributed by atoms with Crippen LogP contribution in [0.1, 0.15) is 37.9 Å². The molecule has 17 nitrogen and oxygen atoms in total. The first kappa shape index (κ1) is 28.7. The first-order valence-electron chi connectivity index (χ1n) is 11.0. The highest BCUT2D eigenvalue weighted by Crippen LogP contribution is 2.15. The fraction of sp³-hybridized carbons (Fsp3) is 0.667. The van der Waals surface area contributed by atoms with Gasteiger partial charge in [-0.1, -0.05) is 15.6 Å². The summed E-state index contributed by atoms with van der Waals surface area (Å²) in [6, 6.07) is 0. The SMILES string of the molecule is CC(C)(C)n1cc(CN(Cc2cn(CCOS(C)(=O)=O)nn2)Cc2cn(CCOS(=O)(=O)O)nn2)nn1. The third-order valence-electron chi connectivity index (χ3n) is 4.73. The Morgan fingerprint density at radius 3 is 1.70 bits per heavy atom. The lowest BCUT2D eigenvalue weighted by molar-refractivity contribution is 0.238. The maximum Gasteiger partial charge on any atom is 0.397 e. The van der Waals surface area contributed by atoms with Gasteiger partial charge in [-0.2, -0.15) is 16.8 Å². The van der Waals surface area contributed by atoms with E-state index in [-0.39, 0.29) is 31.8 Å². The summed E-state index contributed by atoms with van der Waals surface area (Å²) in [4.78, 5) is 1.99. The van der Waals surface area contributed by atoms with Crippen LogP contribution in [-0.4, -0.2) is 90.7 Å². The summed E-state index contributed by atoms with van der Waals surface area (Å²) in [6.45, 7) is 7.05. The quantitative estimate of drug-likeness (QED) is 0.189. The lowest BCUT2D eigenvalue weighted by Gasteiger charge is -2.19. The second-order valence-corrected chi connectivity index (χ2v) is 11.9. The van der Waals surface area contributed by atoms with E-state index in [9.17, 15) is 16.8 Å². The van der Waals surface area contributed by atoms with Crippen LogP contribution in [0.15, 0.2) is 18.6 Å². The molecule has 3 aromatic heterocycles. The van der Waals surface area contributed by atoms with Crippen LogP contribution >= 0.6 is 0 Å². The van der Waals surface area contributed by atoms with Gasteiger partial charge in [0.25, 0.3) is 10.1 Å². The van der Waals surface area contributed by atoms with E-state index >= 15 is 0 Å². The lowest BCUT2D eigenvalue weighted by Crippen LogP contribution is -2.24. The van der Waals surface area contributed by atoms with Crippen LogP contribution in [0.4, 0.5) is 0 Å². The van der Waals surface area contributed by atoms with E-state index < -0.39 is 20.5 Å². The van der Waals surface area contributed by atoms with Gasteiger partial charge in [0.1, 0.15) is 0 Å².